The second-order valence-corrected chi connectivity index (χ2v) is 13.2. The predicted octanol–water partition coefficient (Wildman–Crippen LogP) is 7.15. The summed E-state index contributed by atoms with van der Waals surface area (Å²) in [5.41, 5.74) is 8.85. The van der Waals surface area contributed by atoms with E-state index in [1.165, 1.54) is 52.0 Å². The maximum absolute atomic E-state index is 13.2. The van der Waals surface area contributed by atoms with Crippen molar-refractivity contribution in [2.75, 3.05) is 6.26 Å². The second kappa shape index (κ2) is 11.6. The molecule has 0 saturated heterocycles. The fourth-order valence-electron chi connectivity index (χ4n) is 5.95. The van der Waals surface area contributed by atoms with Crippen LogP contribution >= 0.6 is 23.1 Å². The highest BCUT2D eigenvalue weighted by atomic mass is 32.2. The van der Waals surface area contributed by atoms with Crippen molar-refractivity contribution in [2.45, 2.75) is 75.6 Å². The van der Waals surface area contributed by atoms with Gasteiger partial charge in [0.05, 0.1) is 21.6 Å². The molecule has 1 atom stereocenters. The number of ether oxygens (including phenoxy) is 1. The minimum atomic E-state index is -1.08. The zero-order valence-corrected chi connectivity index (χ0v) is 25.3. The number of thioether (sulfide) groups is 1. The molecule has 2 aromatic carbocycles. The molecule has 0 saturated carbocycles. The van der Waals surface area contributed by atoms with Gasteiger partial charge in [0.15, 0.2) is 0 Å². The maximum atomic E-state index is 13.2. The third-order valence-electron chi connectivity index (χ3n) is 7.90. The van der Waals surface area contributed by atoms with Crippen LogP contribution in [-0.4, -0.2) is 27.4 Å². The number of thiazole rings is 1. The van der Waals surface area contributed by atoms with Crippen molar-refractivity contribution in [3.05, 3.63) is 98.0 Å². The lowest BCUT2D eigenvalue weighted by Gasteiger charge is -2.21. The van der Waals surface area contributed by atoms with Crippen molar-refractivity contribution >= 4 is 29.2 Å². The van der Waals surface area contributed by atoms with E-state index in [0.717, 1.165) is 52.4 Å². The number of fused-ring (bicyclic) bond motifs is 2. The summed E-state index contributed by atoms with van der Waals surface area (Å²) < 4.78 is 5.63. The number of carbonyl (C=O) groups is 1. The number of benzene rings is 2. The van der Waals surface area contributed by atoms with Gasteiger partial charge in [0, 0.05) is 11.8 Å². The Morgan fingerprint density at radius 1 is 1.07 bits per heavy atom. The van der Waals surface area contributed by atoms with Gasteiger partial charge >= 0.3 is 6.09 Å². The molecule has 212 valence electrons. The third kappa shape index (κ3) is 5.92. The van der Waals surface area contributed by atoms with E-state index in [1.807, 2.05) is 42.7 Å². The fraction of sp³-hybridized carbons (Fsp3) is 0.364. The minimum absolute atomic E-state index is 0.178. The van der Waals surface area contributed by atoms with Gasteiger partial charge in [0.2, 0.25) is 0 Å². The number of amides is 1. The molecule has 1 unspecified atom stereocenters. The average molecular weight is 586 g/mol. The van der Waals surface area contributed by atoms with Crippen LogP contribution in [0.25, 0.3) is 11.3 Å². The van der Waals surface area contributed by atoms with E-state index in [4.69, 9.17) is 9.72 Å². The van der Waals surface area contributed by atoms with Crippen molar-refractivity contribution in [1.82, 2.24) is 15.3 Å². The van der Waals surface area contributed by atoms with Crippen LogP contribution in [0.4, 0.5) is 4.79 Å². The van der Waals surface area contributed by atoms with Crippen LogP contribution in [0.1, 0.15) is 76.0 Å². The van der Waals surface area contributed by atoms with Gasteiger partial charge in [-0.2, -0.15) is 0 Å². The molecule has 2 aliphatic rings. The first-order chi connectivity index (χ1) is 19.8. The number of pyridine rings is 1. The smallest absolute Gasteiger partial charge is 0.408 e. The van der Waals surface area contributed by atoms with Crippen molar-refractivity contribution in [1.29, 1.82) is 0 Å². The molecule has 2 aromatic heterocycles. The Bertz CT molecular complexity index is 1540. The van der Waals surface area contributed by atoms with Crippen LogP contribution in [0.2, 0.25) is 0 Å². The molecule has 1 amide bonds. The molecule has 2 N–H and O–H groups in total. The Morgan fingerprint density at radius 2 is 1.78 bits per heavy atom. The van der Waals surface area contributed by atoms with Crippen LogP contribution in [0.15, 0.2) is 59.8 Å². The first-order valence-electron chi connectivity index (χ1n) is 14.2. The van der Waals surface area contributed by atoms with E-state index >= 15 is 0 Å². The molecule has 0 radical (unpaired) electrons. The van der Waals surface area contributed by atoms with Crippen LogP contribution in [0.5, 0.6) is 0 Å². The number of nitrogens with zero attached hydrogens (tertiary/aromatic N) is 2. The summed E-state index contributed by atoms with van der Waals surface area (Å²) in [7, 11) is 0. The number of aliphatic hydroxyl groups is 1. The van der Waals surface area contributed by atoms with E-state index in [2.05, 4.69) is 22.4 Å². The number of aryl methyl sites for hydroxylation is 2. The molecule has 2 aliphatic carbocycles. The molecule has 6 rings (SSSR count). The molecule has 8 heteroatoms. The molecule has 0 aliphatic heterocycles. The van der Waals surface area contributed by atoms with E-state index in [9.17, 15) is 9.90 Å². The normalized spacial score (nSPS) is 14.9. The summed E-state index contributed by atoms with van der Waals surface area (Å²) >= 11 is 3.00. The van der Waals surface area contributed by atoms with Crippen molar-refractivity contribution in [3.63, 3.8) is 0 Å². The lowest BCUT2D eigenvalue weighted by molar-refractivity contribution is 0.0783. The summed E-state index contributed by atoms with van der Waals surface area (Å²) in [4.78, 5) is 23.6. The van der Waals surface area contributed by atoms with Gasteiger partial charge in [-0.3, -0.25) is 0 Å². The fourth-order valence-corrected chi connectivity index (χ4v) is 7.39. The topological polar surface area (TPSA) is 84.3 Å². The molecule has 0 fully saturated rings. The molecular formula is C33H35N3O3S2. The number of hydrogen-bond donors (Lipinski definition) is 2. The molecule has 0 spiro atoms. The zero-order chi connectivity index (χ0) is 28.6. The molecule has 6 nitrogen and oxygen atoms in total. The number of hydrogen-bond acceptors (Lipinski definition) is 7. The molecular weight excluding hydrogens is 551 g/mol. The van der Waals surface area contributed by atoms with E-state index < -0.39 is 17.7 Å². The van der Waals surface area contributed by atoms with Crippen LogP contribution < -0.4 is 5.32 Å². The zero-order valence-electron chi connectivity index (χ0n) is 23.7. The van der Waals surface area contributed by atoms with Gasteiger partial charge in [0.1, 0.15) is 17.2 Å². The van der Waals surface area contributed by atoms with Gasteiger partial charge in [0.25, 0.3) is 0 Å². The highest BCUT2D eigenvalue weighted by molar-refractivity contribution is 7.98. The van der Waals surface area contributed by atoms with Crippen molar-refractivity contribution < 1.29 is 14.6 Å². The third-order valence-corrected chi connectivity index (χ3v) is 9.90. The van der Waals surface area contributed by atoms with Gasteiger partial charge in [-0.25, -0.2) is 14.8 Å². The number of nitrogens with one attached hydrogen (secondary N) is 1. The first-order valence-corrected chi connectivity index (χ1v) is 16.2. The minimum Gasteiger partial charge on any atom is -0.445 e. The summed E-state index contributed by atoms with van der Waals surface area (Å²) in [6.45, 7) is 3.62. The van der Waals surface area contributed by atoms with Crippen molar-refractivity contribution in [3.8, 4) is 11.3 Å². The Morgan fingerprint density at radius 3 is 2.41 bits per heavy atom. The van der Waals surface area contributed by atoms with Crippen LogP contribution in [-0.2, 0) is 42.6 Å². The monoisotopic (exact) mass is 585 g/mol. The average Bonchev–Trinajstić information content (AvgIpc) is 3.74. The summed E-state index contributed by atoms with van der Waals surface area (Å²) in [6, 6.07) is 15.8. The number of aromatic nitrogens is 2. The summed E-state index contributed by atoms with van der Waals surface area (Å²) in [5.74, 6) is 0. The van der Waals surface area contributed by atoms with Gasteiger partial charge in [-0.15, -0.1) is 23.1 Å². The lowest BCUT2D eigenvalue weighted by atomic mass is 9.91. The Balaban J connectivity index is 1.41. The Labute approximate surface area is 249 Å². The van der Waals surface area contributed by atoms with E-state index in [0.29, 0.717) is 5.01 Å². The SMILES string of the molecule is CSc1cc(C(NC(=O)OCc2ccccc2)c2cnc(C(C)(C)O)s2)cc(-c2c3c(cc4c2CCC4)CCC3)n1. The van der Waals surface area contributed by atoms with Gasteiger partial charge in [-0.05, 0) is 104 Å². The molecule has 41 heavy (non-hydrogen) atoms. The quantitative estimate of drug-likeness (QED) is 0.214. The predicted molar refractivity (Wildman–Crippen MR) is 164 cm³/mol. The second-order valence-electron chi connectivity index (χ2n) is 11.3. The standard InChI is InChI=1S/C33H35N3O3S2/c1-33(2,38)31-34-18-27(41-31)30(36-32(37)39-19-20-9-5-4-6-10-20)23-16-26(35-28(17-23)40-3)29-24-13-7-11-21(24)15-22-12-8-14-25(22)29/h4-6,9-10,15-18,30,38H,7-8,11-14,19H2,1-3H3,(H,36,37). The largest absolute Gasteiger partial charge is 0.445 e. The summed E-state index contributed by atoms with van der Waals surface area (Å²) in [5, 5.41) is 15.2. The molecule has 0 bridgehead atoms. The highest BCUT2D eigenvalue weighted by Gasteiger charge is 2.29. The molecule has 2 heterocycles. The highest BCUT2D eigenvalue weighted by Crippen LogP contribution is 2.42. The first kappa shape index (κ1) is 27.9. The van der Waals surface area contributed by atoms with Crippen LogP contribution in [0, 0.1) is 0 Å². The van der Waals surface area contributed by atoms with Crippen LogP contribution in [0.3, 0.4) is 0 Å². The molecule has 4 aromatic rings. The van der Waals surface area contributed by atoms with E-state index in [1.54, 1.807) is 31.8 Å². The number of alkyl carbamates (subject to hydrolysis) is 1. The van der Waals surface area contributed by atoms with Gasteiger partial charge in [-0.1, -0.05) is 36.4 Å². The van der Waals surface area contributed by atoms with E-state index in [-0.39, 0.29) is 6.61 Å². The lowest BCUT2D eigenvalue weighted by Crippen LogP contribution is -2.29. The Hall–Kier alpha value is -3.20. The van der Waals surface area contributed by atoms with Gasteiger partial charge < -0.3 is 15.2 Å². The Kier molecular flexibility index (Phi) is 7.90. The van der Waals surface area contributed by atoms with Crippen molar-refractivity contribution in [2.24, 2.45) is 0 Å². The maximum Gasteiger partial charge on any atom is 0.408 e. The number of rotatable bonds is 8. The number of carbonyl (C=O) groups excluding carboxylic acids is 1. The summed E-state index contributed by atoms with van der Waals surface area (Å²) in [6.07, 6.45) is 10.0.